The normalized spacial score (nSPS) is 20.6. The van der Waals surface area contributed by atoms with Crippen molar-refractivity contribution >= 4 is 11.4 Å². The lowest BCUT2D eigenvalue weighted by atomic mass is 9.71. The van der Waals surface area contributed by atoms with Crippen LogP contribution in [0.4, 0.5) is 5.69 Å². The molecular weight excluding hydrogens is 232 g/mol. The van der Waals surface area contributed by atoms with E-state index in [0.717, 1.165) is 13.0 Å². The van der Waals surface area contributed by atoms with Gasteiger partial charge in [-0.25, -0.2) is 0 Å². The van der Waals surface area contributed by atoms with Crippen molar-refractivity contribution in [1.82, 2.24) is 0 Å². The van der Waals surface area contributed by atoms with Crippen LogP contribution in [0.2, 0.25) is 0 Å². The minimum absolute atomic E-state index is 0.104. The molecule has 0 unspecified atom stereocenters. The number of rotatable bonds is 1. The molecule has 19 heavy (non-hydrogen) atoms. The zero-order valence-corrected chi connectivity index (χ0v) is 12.2. The third kappa shape index (κ3) is 1.81. The Morgan fingerprint density at radius 1 is 1.21 bits per heavy atom. The van der Waals surface area contributed by atoms with E-state index < -0.39 is 0 Å². The lowest BCUT2D eigenvalue weighted by Crippen LogP contribution is -2.35. The van der Waals surface area contributed by atoms with Crippen LogP contribution < -0.4 is 5.32 Å². The lowest BCUT2D eigenvalue weighted by Gasteiger charge is -2.40. The summed E-state index contributed by atoms with van der Waals surface area (Å²) in [6.45, 7) is 10.1. The second kappa shape index (κ2) is 4.22. The quantitative estimate of drug-likeness (QED) is 0.800. The van der Waals surface area contributed by atoms with E-state index in [1.165, 1.54) is 28.2 Å². The second-order valence-electron chi connectivity index (χ2n) is 6.32. The maximum Gasteiger partial charge on any atom is 0.0608 e. The van der Waals surface area contributed by atoms with Gasteiger partial charge in [-0.1, -0.05) is 45.9 Å². The van der Waals surface area contributed by atoms with E-state index in [1.807, 2.05) is 0 Å². The average molecular weight is 254 g/mol. The molecule has 1 aromatic rings. The van der Waals surface area contributed by atoms with Crippen LogP contribution in [0.25, 0.3) is 0 Å². The van der Waals surface area contributed by atoms with Crippen LogP contribution in [-0.2, 0) is 5.41 Å². The Bertz CT molecular complexity index is 577. The number of aliphatic imine (C=N–C) groups is 1. The van der Waals surface area contributed by atoms with Crippen molar-refractivity contribution in [2.75, 3.05) is 11.9 Å². The SMILES string of the molecule is CC(C)C1=NCCC2=C1Nc1ccccc1C2(C)C. The maximum absolute atomic E-state index is 4.75. The molecule has 0 fully saturated rings. The van der Waals surface area contributed by atoms with Crippen LogP contribution in [0, 0.1) is 5.92 Å². The predicted molar refractivity (Wildman–Crippen MR) is 81.9 cm³/mol. The Kier molecular flexibility index (Phi) is 2.77. The number of allylic oxidation sites excluding steroid dienone is 1. The number of para-hydroxylation sites is 1. The van der Waals surface area contributed by atoms with Gasteiger partial charge in [-0.3, -0.25) is 4.99 Å². The summed E-state index contributed by atoms with van der Waals surface area (Å²) in [5.74, 6) is 0.471. The summed E-state index contributed by atoms with van der Waals surface area (Å²) in [4.78, 5) is 4.75. The number of nitrogens with zero attached hydrogens (tertiary/aromatic N) is 1. The standard InChI is InChI=1S/C17H22N2/c1-11(2)15-16-13(9-10-18-15)17(3,4)12-7-5-6-8-14(12)19-16/h5-8,11,19H,9-10H2,1-4H3. The first-order chi connectivity index (χ1) is 9.01. The predicted octanol–water partition coefficient (Wildman–Crippen LogP) is 4.14. The number of nitrogens with one attached hydrogen (secondary N) is 1. The fourth-order valence-electron chi connectivity index (χ4n) is 3.32. The summed E-state index contributed by atoms with van der Waals surface area (Å²) in [6, 6.07) is 8.65. The van der Waals surface area contributed by atoms with Gasteiger partial charge in [0, 0.05) is 17.6 Å². The lowest BCUT2D eigenvalue weighted by molar-refractivity contribution is 0.577. The summed E-state index contributed by atoms with van der Waals surface area (Å²) in [5, 5.41) is 3.63. The molecule has 0 spiro atoms. The Labute approximate surface area is 115 Å². The number of hydrogen-bond donors (Lipinski definition) is 1. The molecule has 0 aliphatic carbocycles. The Hall–Kier alpha value is -1.57. The van der Waals surface area contributed by atoms with Gasteiger partial charge < -0.3 is 5.32 Å². The molecule has 2 heteroatoms. The van der Waals surface area contributed by atoms with Gasteiger partial charge >= 0.3 is 0 Å². The zero-order valence-electron chi connectivity index (χ0n) is 12.2. The summed E-state index contributed by atoms with van der Waals surface area (Å²) >= 11 is 0. The Morgan fingerprint density at radius 3 is 2.68 bits per heavy atom. The van der Waals surface area contributed by atoms with Crippen molar-refractivity contribution in [1.29, 1.82) is 0 Å². The Morgan fingerprint density at radius 2 is 1.95 bits per heavy atom. The van der Waals surface area contributed by atoms with Gasteiger partial charge in [0.25, 0.3) is 0 Å². The van der Waals surface area contributed by atoms with E-state index in [-0.39, 0.29) is 5.41 Å². The van der Waals surface area contributed by atoms with Crippen molar-refractivity contribution in [3.63, 3.8) is 0 Å². The molecule has 0 radical (unpaired) electrons. The van der Waals surface area contributed by atoms with Crippen LogP contribution in [0.3, 0.4) is 0 Å². The van der Waals surface area contributed by atoms with Gasteiger partial charge in [-0.15, -0.1) is 0 Å². The van der Waals surface area contributed by atoms with Crippen molar-refractivity contribution in [2.24, 2.45) is 10.9 Å². The molecule has 0 amide bonds. The van der Waals surface area contributed by atoms with Crippen LogP contribution in [0.5, 0.6) is 0 Å². The largest absolute Gasteiger partial charge is 0.354 e. The highest BCUT2D eigenvalue weighted by Gasteiger charge is 2.37. The first-order valence-corrected chi connectivity index (χ1v) is 7.16. The molecule has 100 valence electrons. The fraction of sp³-hybridized carbons (Fsp3) is 0.471. The summed E-state index contributed by atoms with van der Waals surface area (Å²) < 4.78 is 0. The van der Waals surface area contributed by atoms with E-state index in [9.17, 15) is 0 Å². The summed E-state index contributed by atoms with van der Waals surface area (Å²) in [7, 11) is 0. The van der Waals surface area contributed by atoms with Gasteiger partial charge in [0.2, 0.25) is 0 Å². The third-order valence-corrected chi connectivity index (χ3v) is 4.36. The second-order valence-corrected chi connectivity index (χ2v) is 6.32. The van der Waals surface area contributed by atoms with Gasteiger partial charge in [0.15, 0.2) is 0 Å². The molecular formula is C17H22N2. The van der Waals surface area contributed by atoms with Crippen LogP contribution in [0.1, 0.15) is 39.7 Å². The van der Waals surface area contributed by atoms with E-state index in [1.54, 1.807) is 0 Å². The summed E-state index contributed by atoms with van der Waals surface area (Å²) in [5.41, 5.74) is 6.78. The third-order valence-electron chi connectivity index (χ3n) is 4.36. The van der Waals surface area contributed by atoms with Crippen LogP contribution in [-0.4, -0.2) is 12.3 Å². The first-order valence-electron chi connectivity index (χ1n) is 7.16. The molecule has 1 N–H and O–H groups in total. The average Bonchev–Trinajstić information content (AvgIpc) is 2.38. The van der Waals surface area contributed by atoms with Gasteiger partial charge in [0.1, 0.15) is 0 Å². The minimum Gasteiger partial charge on any atom is -0.354 e. The van der Waals surface area contributed by atoms with Crippen molar-refractivity contribution in [2.45, 2.75) is 39.5 Å². The summed E-state index contributed by atoms with van der Waals surface area (Å²) in [6.07, 6.45) is 1.07. The van der Waals surface area contributed by atoms with Gasteiger partial charge in [-0.05, 0) is 29.5 Å². The maximum atomic E-state index is 4.75. The number of anilines is 1. The molecule has 1 aromatic carbocycles. The first kappa shape index (κ1) is 12.5. The number of benzene rings is 1. The molecule has 2 aliphatic heterocycles. The monoisotopic (exact) mass is 254 g/mol. The molecule has 2 nitrogen and oxygen atoms in total. The van der Waals surface area contributed by atoms with E-state index in [0.29, 0.717) is 5.92 Å². The molecule has 0 atom stereocenters. The fourth-order valence-corrected chi connectivity index (χ4v) is 3.32. The topological polar surface area (TPSA) is 24.4 Å². The van der Waals surface area contributed by atoms with Crippen molar-refractivity contribution in [3.05, 3.63) is 41.1 Å². The van der Waals surface area contributed by atoms with Crippen molar-refractivity contribution < 1.29 is 0 Å². The van der Waals surface area contributed by atoms with Crippen LogP contribution >= 0.6 is 0 Å². The zero-order chi connectivity index (χ0) is 13.6. The minimum atomic E-state index is 0.104. The molecule has 2 aliphatic rings. The highest BCUT2D eigenvalue weighted by molar-refractivity contribution is 6.06. The molecule has 3 rings (SSSR count). The van der Waals surface area contributed by atoms with Crippen molar-refractivity contribution in [3.8, 4) is 0 Å². The highest BCUT2D eigenvalue weighted by atomic mass is 15.0. The van der Waals surface area contributed by atoms with Gasteiger partial charge in [-0.2, -0.15) is 0 Å². The molecule has 0 saturated heterocycles. The molecule has 0 bridgehead atoms. The number of dihydropyridines is 1. The number of hydrogen-bond acceptors (Lipinski definition) is 2. The molecule has 0 aromatic heterocycles. The number of fused-ring (bicyclic) bond motifs is 1. The van der Waals surface area contributed by atoms with E-state index >= 15 is 0 Å². The highest BCUT2D eigenvalue weighted by Crippen LogP contribution is 2.45. The van der Waals surface area contributed by atoms with Gasteiger partial charge in [0.05, 0.1) is 11.4 Å². The molecule has 2 heterocycles. The van der Waals surface area contributed by atoms with E-state index in [2.05, 4.69) is 57.3 Å². The van der Waals surface area contributed by atoms with E-state index in [4.69, 9.17) is 4.99 Å². The molecule has 0 saturated carbocycles. The smallest absolute Gasteiger partial charge is 0.0608 e. The van der Waals surface area contributed by atoms with Crippen LogP contribution in [0.15, 0.2) is 40.5 Å². The Balaban J connectivity index is 2.17.